The van der Waals surface area contributed by atoms with Crippen molar-refractivity contribution in [3.8, 4) is 0 Å². The molecule has 1 unspecified atom stereocenters. The van der Waals surface area contributed by atoms with Crippen molar-refractivity contribution >= 4 is 15.7 Å². The third-order valence-corrected chi connectivity index (χ3v) is 5.24. The van der Waals surface area contributed by atoms with Crippen LogP contribution in [0.15, 0.2) is 24.3 Å². The molecule has 0 bridgehead atoms. The van der Waals surface area contributed by atoms with Crippen LogP contribution in [0.4, 0.5) is 5.69 Å². The van der Waals surface area contributed by atoms with Gasteiger partial charge < -0.3 is 10.5 Å². The van der Waals surface area contributed by atoms with Crippen LogP contribution in [0.5, 0.6) is 0 Å². The fraction of sp³-hybridized carbons (Fsp3) is 0.571. The van der Waals surface area contributed by atoms with Gasteiger partial charge in [-0.2, -0.15) is 0 Å². The smallest absolute Gasteiger partial charge is 0.237 e. The molecule has 2 N–H and O–H groups in total. The van der Waals surface area contributed by atoms with E-state index in [1.165, 1.54) is 4.31 Å². The SMILES string of the molecule is CCOCCS(=O)(=O)N1CCCC(N)c2ccccc21. The molecule has 0 radical (unpaired) electrons. The van der Waals surface area contributed by atoms with E-state index in [0.717, 1.165) is 18.4 Å². The van der Waals surface area contributed by atoms with Gasteiger partial charge in [-0.3, -0.25) is 4.31 Å². The molecule has 5 nitrogen and oxygen atoms in total. The Kier molecular flexibility index (Phi) is 5.01. The summed E-state index contributed by atoms with van der Waals surface area (Å²) in [5.41, 5.74) is 7.75. The molecule has 20 heavy (non-hydrogen) atoms. The fourth-order valence-corrected chi connectivity index (χ4v) is 3.89. The predicted molar refractivity (Wildman–Crippen MR) is 80.2 cm³/mol. The number of sulfonamides is 1. The topological polar surface area (TPSA) is 72.6 Å². The van der Waals surface area contributed by atoms with Gasteiger partial charge in [-0.05, 0) is 31.4 Å². The Morgan fingerprint density at radius 3 is 2.90 bits per heavy atom. The van der Waals surface area contributed by atoms with Crippen LogP contribution < -0.4 is 10.0 Å². The van der Waals surface area contributed by atoms with Gasteiger partial charge in [0.25, 0.3) is 0 Å². The van der Waals surface area contributed by atoms with Crippen molar-refractivity contribution in [2.24, 2.45) is 5.73 Å². The first-order valence-electron chi connectivity index (χ1n) is 6.99. The van der Waals surface area contributed by atoms with Gasteiger partial charge in [-0.1, -0.05) is 18.2 Å². The summed E-state index contributed by atoms with van der Waals surface area (Å²) < 4.78 is 31.6. The molecule has 0 saturated carbocycles. The number of hydrogen-bond donors (Lipinski definition) is 1. The van der Waals surface area contributed by atoms with Gasteiger partial charge in [-0.15, -0.1) is 0 Å². The lowest BCUT2D eigenvalue weighted by atomic mass is 10.0. The monoisotopic (exact) mass is 298 g/mol. The van der Waals surface area contributed by atoms with Crippen LogP contribution in [0.3, 0.4) is 0 Å². The first kappa shape index (κ1) is 15.3. The maximum atomic E-state index is 12.5. The van der Waals surface area contributed by atoms with Crippen LogP contribution in [0.1, 0.15) is 31.4 Å². The molecule has 1 aliphatic heterocycles. The third-order valence-electron chi connectivity index (χ3n) is 3.51. The highest BCUT2D eigenvalue weighted by Gasteiger charge is 2.28. The summed E-state index contributed by atoms with van der Waals surface area (Å²) in [4.78, 5) is 0. The highest BCUT2D eigenvalue weighted by atomic mass is 32.2. The lowest BCUT2D eigenvalue weighted by Gasteiger charge is -2.24. The summed E-state index contributed by atoms with van der Waals surface area (Å²) in [6.07, 6.45) is 1.57. The second-order valence-electron chi connectivity index (χ2n) is 4.89. The van der Waals surface area contributed by atoms with Crippen molar-refractivity contribution in [3.63, 3.8) is 0 Å². The Labute approximate surface area is 120 Å². The van der Waals surface area contributed by atoms with Crippen LogP contribution >= 0.6 is 0 Å². The summed E-state index contributed by atoms with van der Waals surface area (Å²) in [7, 11) is -3.36. The van der Waals surface area contributed by atoms with Crippen molar-refractivity contribution in [3.05, 3.63) is 29.8 Å². The summed E-state index contributed by atoms with van der Waals surface area (Å²) in [6, 6.07) is 7.39. The Hall–Kier alpha value is -1.11. The van der Waals surface area contributed by atoms with Gasteiger partial charge in [0.05, 0.1) is 18.0 Å². The van der Waals surface area contributed by atoms with Gasteiger partial charge in [0, 0.05) is 19.2 Å². The molecule has 0 aromatic heterocycles. The highest BCUT2D eigenvalue weighted by Crippen LogP contribution is 2.32. The van der Waals surface area contributed by atoms with Crippen molar-refractivity contribution in [2.75, 3.05) is 29.8 Å². The van der Waals surface area contributed by atoms with Gasteiger partial charge in [-0.25, -0.2) is 8.42 Å². The van der Waals surface area contributed by atoms with E-state index in [0.29, 0.717) is 18.8 Å². The number of anilines is 1. The molecule has 1 heterocycles. The number of hydrogen-bond acceptors (Lipinski definition) is 4. The molecule has 112 valence electrons. The molecule has 1 aromatic rings. The molecule has 0 spiro atoms. The molecule has 0 saturated heterocycles. The fourth-order valence-electron chi connectivity index (χ4n) is 2.47. The Balaban J connectivity index is 2.29. The average molecular weight is 298 g/mol. The molecule has 0 amide bonds. The van der Waals surface area contributed by atoms with Gasteiger partial charge in [0.1, 0.15) is 0 Å². The largest absolute Gasteiger partial charge is 0.381 e. The molecule has 1 atom stereocenters. The average Bonchev–Trinajstić information content (AvgIpc) is 2.59. The van der Waals surface area contributed by atoms with Crippen molar-refractivity contribution in [1.82, 2.24) is 0 Å². The van der Waals surface area contributed by atoms with E-state index >= 15 is 0 Å². The molecule has 6 heteroatoms. The summed E-state index contributed by atoms with van der Waals surface area (Å²) >= 11 is 0. The zero-order valence-electron chi connectivity index (χ0n) is 11.8. The molecule has 2 rings (SSSR count). The Bertz CT molecular complexity index is 545. The number of para-hydroxylation sites is 1. The van der Waals surface area contributed by atoms with Crippen LogP contribution in [-0.4, -0.2) is 33.9 Å². The number of benzene rings is 1. The Morgan fingerprint density at radius 2 is 2.15 bits per heavy atom. The summed E-state index contributed by atoms with van der Waals surface area (Å²) in [5, 5.41) is 0. The molecule has 1 aliphatic rings. The van der Waals surface area contributed by atoms with Crippen molar-refractivity contribution in [1.29, 1.82) is 0 Å². The number of rotatable bonds is 5. The first-order chi connectivity index (χ1) is 9.56. The predicted octanol–water partition coefficient (Wildman–Crippen LogP) is 1.65. The van der Waals surface area contributed by atoms with E-state index in [9.17, 15) is 8.42 Å². The van der Waals surface area contributed by atoms with Gasteiger partial charge in [0.2, 0.25) is 10.0 Å². The van der Waals surface area contributed by atoms with Crippen LogP contribution in [-0.2, 0) is 14.8 Å². The second-order valence-corrected chi connectivity index (χ2v) is 6.91. The number of nitrogens with two attached hydrogens (primary N) is 1. The summed E-state index contributed by atoms with van der Waals surface area (Å²) in [5.74, 6) is 0.00438. The van der Waals surface area contributed by atoms with E-state index in [2.05, 4.69) is 0 Å². The Morgan fingerprint density at radius 1 is 1.40 bits per heavy atom. The van der Waals surface area contributed by atoms with E-state index in [4.69, 9.17) is 10.5 Å². The van der Waals surface area contributed by atoms with E-state index < -0.39 is 10.0 Å². The van der Waals surface area contributed by atoms with E-state index in [1.807, 2.05) is 31.2 Å². The van der Waals surface area contributed by atoms with Crippen LogP contribution in [0.2, 0.25) is 0 Å². The number of ether oxygens (including phenoxy) is 1. The van der Waals surface area contributed by atoms with Crippen molar-refractivity contribution in [2.45, 2.75) is 25.8 Å². The molecule has 0 fully saturated rings. The van der Waals surface area contributed by atoms with E-state index in [-0.39, 0.29) is 18.4 Å². The highest BCUT2D eigenvalue weighted by molar-refractivity contribution is 7.92. The normalized spacial score (nSPS) is 19.5. The van der Waals surface area contributed by atoms with Gasteiger partial charge >= 0.3 is 0 Å². The van der Waals surface area contributed by atoms with Crippen LogP contribution in [0.25, 0.3) is 0 Å². The van der Waals surface area contributed by atoms with Gasteiger partial charge in [0.15, 0.2) is 0 Å². The molecule has 0 aliphatic carbocycles. The second kappa shape index (κ2) is 6.56. The lowest BCUT2D eigenvalue weighted by Crippen LogP contribution is -2.35. The molecule has 1 aromatic carbocycles. The zero-order valence-corrected chi connectivity index (χ0v) is 12.6. The lowest BCUT2D eigenvalue weighted by molar-refractivity contribution is 0.163. The van der Waals surface area contributed by atoms with E-state index in [1.54, 1.807) is 0 Å². The maximum absolute atomic E-state index is 12.5. The molecular formula is C14H22N2O3S. The number of nitrogens with zero attached hydrogens (tertiary/aromatic N) is 1. The standard InChI is InChI=1S/C14H22N2O3S/c1-2-19-10-11-20(17,18)16-9-5-7-13(15)12-6-3-4-8-14(12)16/h3-4,6,8,13H,2,5,7,9-11,15H2,1H3. The molecular weight excluding hydrogens is 276 g/mol. The first-order valence-corrected chi connectivity index (χ1v) is 8.60. The number of fused-ring (bicyclic) bond motifs is 1. The van der Waals surface area contributed by atoms with Crippen LogP contribution in [0, 0.1) is 0 Å². The minimum Gasteiger partial charge on any atom is -0.381 e. The maximum Gasteiger partial charge on any atom is 0.237 e. The third kappa shape index (κ3) is 3.31. The van der Waals surface area contributed by atoms with Crippen molar-refractivity contribution < 1.29 is 13.2 Å². The minimum atomic E-state index is -3.36. The quantitative estimate of drug-likeness (QED) is 0.839. The summed E-state index contributed by atoms with van der Waals surface area (Å²) in [6.45, 7) is 3.09. The minimum absolute atomic E-state index is 0.00438. The zero-order chi connectivity index (χ0) is 14.6.